The van der Waals surface area contributed by atoms with Crippen LogP contribution in [0.15, 0.2) is 53.4 Å². The van der Waals surface area contributed by atoms with E-state index < -0.39 is 28.5 Å². The van der Waals surface area contributed by atoms with Crippen molar-refractivity contribution in [3.05, 3.63) is 54.1 Å². The minimum Gasteiger partial charge on any atom is -0.452 e. The molecule has 0 saturated heterocycles. The van der Waals surface area contributed by atoms with Crippen LogP contribution in [0, 0.1) is 0 Å². The fourth-order valence-corrected chi connectivity index (χ4v) is 4.19. The van der Waals surface area contributed by atoms with Gasteiger partial charge in [-0.1, -0.05) is 13.8 Å². The van der Waals surface area contributed by atoms with Gasteiger partial charge in [0, 0.05) is 31.4 Å². The van der Waals surface area contributed by atoms with Gasteiger partial charge in [0.05, 0.1) is 10.5 Å². The van der Waals surface area contributed by atoms with Gasteiger partial charge in [-0.25, -0.2) is 13.2 Å². The first-order valence-corrected chi connectivity index (χ1v) is 11.1. The van der Waals surface area contributed by atoms with E-state index >= 15 is 0 Å². The predicted molar refractivity (Wildman–Crippen MR) is 116 cm³/mol. The summed E-state index contributed by atoms with van der Waals surface area (Å²) in [6.07, 6.45) is 0. The maximum Gasteiger partial charge on any atom is 0.338 e. The Morgan fingerprint density at radius 1 is 0.871 bits per heavy atom. The summed E-state index contributed by atoms with van der Waals surface area (Å²) >= 11 is 0. The van der Waals surface area contributed by atoms with Crippen LogP contribution >= 0.6 is 0 Å². The van der Waals surface area contributed by atoms with Gasteiger partial charge >= 0.3 is 5.97 Å². The fraction of sp³-hybridized carbons (Fsp3) is 0.286. The molecule has 2 amide bonds. The summed E-state index contributed by atoms with van der Waals surface area (Å²) in [5.74, 6) is -1.49. The standard InChI is InChI=1S/C21H25N3O6S/c1-4-24(5-2)31(28,29)19-12-6-16(7-13-19)21(27)30-14-20(26)23-18-10-8-17(9-11-18)22-15(3)25/h6-13H,4-5,14H2,1-3H3,(H,22,25)(H,23,26). The van der Waals surface area contributed by atoms with Crippen LogP contribution in [-0.4, -0.2) is 50.2 Å². The summed E-state index contributed by atoms with van der Waals surface area (Å²) in [5, 5.41) is 5.18. The Hall–Kier alpha value is -3.24. The molecule has 0 aliphatic heterocycles. The zero-order chi connectivity index (χ0) is 23.0. The Bertz CT molecular complexity index is 1030. The first kappa shape index (κ1) is 24.0. The van der Waals surface area contributed by atoms with Gasteiger partial charge in [-0.05, 0) is 48.5 Å². The number of amides is 2. The van der Waals surface area contributed by atoms with Crippen LogP contribution in [0.5, 0.6) is 0 Å². The van der Waals surface area contributed by atoms with Crippen LogP contribution in [0.4, 0.5) is 11.4 Å². The third-order valence-corrected chi connectivity index (χ3v) is 6.32. The summed E-state index contributed by atoms with van der Waals surface area (Å²) < 4.78 is 31.2. The molecule has 166 valence electrons. The lowest BCUT2D eigenvalue weighted by atomic mass is 10.2. The summed E-state index contributed by atoms with van der Waals surface area (Å²) in [7, 11) is -3.62. The lowest BCUT2D eigenvalue weighted by molar-refractivity contribution is -0.119. The topological polar surface area (TPSA) is 122 Å². The largest absolute Gasteiger partial charge is 0.452 e. The molecule has 0 bridgehead atoms. The molecule has 2 aromatic carbocycles. The number of sulfonamides is 1. The lowest BCUT2D eigenvalue weighted by Gasteiger charge is -2.18. The number of carbonyl (C=O) groups excluding carboxylic acids is 3. The first-order valence-electron chi connectivity index (χ1n) is 9.62. The lowest BCUT2D eigenvalue weighted by Crippen LogP contribution is -2.30. The fourth-order valence-electron chi connectivity index (χ4n) is 2.73. The second-order valence-electron chi connectivity index (χ2n) is 6.50. The van der Waals surface area contributed by atoms with Gasteiger partial charge in [0.15, 0.2) is 6.61 Å². The van der Waals surface area contributed by atoms with Crippen molar-refractivity contribution in [1.29, 1.82) is 0 Å². The Kier molecular flexibility index (Phi) is 8.29. The monoisotopic (exact) mass is 447 g/mol. The third-order valence-electron chi connectivity index (χ3n) is 4.26. The number of nitrogens with zero attached hydrogens (tertiary/aromatic N) is 1. The number of carbonyl (C=O) groups is 3. The van der Waals surface area contributed by atoms with Crippen molar-refractivity contribution < 1.29 is 27.5 Å². The molecule has 2 N–H and O–H groups in total. The molecule has 0 spiro atoms. The first-order chi connectivity index (χ1) is 14.7. The number of anilines is 2. The number of hydrogen-bond acceptors (Lipinski definition) is 6. The van der Waals surface area contributed by atoms with E-state index in [0.717, 1.165) is 0 Å². The van der Waals surface area contributed by atoms with Crippen molar-refractivity contribution >= 4 is 39.2 Å². The summed E-state index contributed by atoms with van der Waals surface area (Å²) in [5.41, 5.74) is 1.19. The molecule has 0 unspecified atom stereocenters. The molecule has 0 atom stereocenters. The highest BCUT2D eigenvalue weighted by Crippen LogP contribution is 2.17. The van der Waals surface area contributed by atoms with E-state index in [1.165, 1.54) is 35.5 Å². The Morgan fingerprint density at radius 3 is 1.87 bits per heavy atom. The average Bonchev–Trinajstić information content (AvgIpc) is 2.74. The molecule has 0 aliphatic rings. The summed E-state index contributed by atoms with van der Waals surface area (Å²) in [6, 6.07) is 11.8. The van der Waals surface area contributed by atoms with Crippen molar-refractivity contribution in [1.82, 2.24) is 4.31 Å². The van der Waals surface area contributed by atoms with Gasteiger partial charge in [-0.3, -0.25) is 9.59 Å². The highest BCUT2D eigenvalue weighted by atomic mass is 32.2. The normalized spacial score (nSPS) is 11.1. The smallest absolute Gasteiger partial charge is 0.338 e. The van der Waals surface area contributed by atoms with E-state index in [1.807, 2.05) is 0 Å². The number of esters is 1. The number of ether oxygens (including phenoxy) is 1. The van der Waals surface area contributed by atoms with Crippen LogP contribution in [0.25, 0.3) is 0 Å². The van der Waals surface area contributed by atoms with Gasteiger partial charge in [0.2, 0.25) is 15.9 Å². The van der Waals surface area contributed by atoms with Gasteiger partial charge < -0.3 is 15.4 Å². The summed E-state index contributed by atoms with van der Waals surface area (Å²) in [4.78, 5) is 35.2. The van der Waals surface area contributed by atoms with Crippen LogP contribution in [-0.2, 0) is 24.3 Å². The highest BCUT2D eigenvalue weighted by molar-refractivity contribution is 7.89. The minimum atomic E-state index is -3.62. The molecule has 10 heteroatoms. The van der Waals surface area contributed by atoms with Gasteiger partial charge in [0.25, 0.3) is 5.91 Å². The highest BCUT2D eigenvalue weighted by Gasteiger charge is 2.22. The van der Waals surface area contributed by atoms with E-state index in [2.05, 4.69) is 10.6 Å². The molecule has 31 heavy (non-hydrogen) atoms. The quantitative estimate of drug-likeness (QED) is 0.570. The van der Waals surface area contributed by atoms with Crippen molar-refractivity contribution in [2.45, 2.75) is 25.7 Å². The van der Waals surface area contributed by atoms with E-state index in [4.69, 9.17) is 4.74 Å². The molecular weight excluding hydrogens is 422 g/mol. The van der Waals surface area contributed by atoms with Crippen LogP contribution in [0.3, 0.4) is 0 Å². The molecular formula is C21H25N3O6S. The zero-order valence-electron chi connectivity index (χ0n) is 17.5. The van der Waals surface area contributed by atoms with E-state index in [9.17, 15) is 22.8 Å². The molecule has 2 rings (SSSR count). The Labute approximate surface area is 181 Å². The van der Waals surface area contributed by atoms with Gasteiger partial charge in [-0.15, -0.1) is 0 Å². The molecule has 0 saturated carbocycles. The molecule has 0 fully saturated rings. The molecule has 0 heterocycles. The maximum absolute atomic E-state index is 12.5. The van der Waals surface area contributed by atoms with E-state index in [1.54, 1.807) is 38.1 Å². The SMILES string of the molecule is CCN(CC)S(=O)(=O)c1ccc(C(=O)OCC(=O)Nc2ccc(NC(C)=O)cc2)cc1. The van der Waals surface area contributed by atoms with E-state index in [0.29, 0.717) is 24.5 Å². The van der Waals surface area contributed by atoms with Crippen molar-refractivity contribution in [2.75, 3.05) is 30.3 Å². The Balaban J connectivity index is 1.92. The van der Waals surface area contributed by atoms with Gasteiger partial charge in [0.1, 0.15) is 0 Å². The van der Waals surface area contributed by atoms with Crippen LogP contribution in [0.2, 0.25) is 0 Å². The summed E-state index contributed by atoms with van der Waals surface area (Å²) in [6.45, 7) is 5.05. The third kappa shape index (κ3) is 6.63. The second-order valence-corrected chi connectivity index (χ2v) is 8.43. The number of rotatable bonds is 9. The molecule has 9 nitrogen and oxygen atoms in total. The van der Waals surface area contributed by atoms with Crippen molar-refractivity contribution in [2.24, 2.45) is 0 Å². The number of nitrogens with one attached hydrogen (secondary N) is 2. The molecule has 2 aromatic rings. The predicted octanol–water partition coefficient (Wildman–Crippen LogP) is 2.47. The zero-order valence-corrected chi connectivity index (χ0v) is 18.4. The van der Waals surface area contributed by atoms with Gasteiger partial charge in [-0.2, -0.15) is 4.31 Å². The van der Waals surface area contributed by atoms with Crippen LogP contribution in [0.1, 0.15) is 31.1 Å². The number of benzene rings is 2. The van der Waals surface area contributed by atoms with Crippen molar-refractivity contribution in [3.8, 4) is 0 Å². The molecule has 0 aliphatic carbocycles. The Morgan fingerprint density at radius 2 is 1.39 bits per heavy atom. The minimum absolute atomic E-state index is 0.0770. The van der Waals surface area contributed by atoms with E-state index in [-0.39, 0.29) is 16.4 Å². The number of hydrogen-bond donors (Lipinski definition) is 2. The maximum atomic E-state index is 12.5. The van der Waals surface area contributed by atoms with Crippen molar-refractivity contribution in [3.63, 3.8) is 0 Å². The van der Waals surface area contributed by atoms with Crippen LogP contribution < -0.4 is 10.6 Å². The second kappa shape index (κ2) is 10.7. The molecule has 0 aromatic heterocycles. The molecule has 0 radical (unpaired) electrons. The average molecular weight is 448 g/mol.